The highest BCUT2D eigenvalue weighted by atomic mass is 16.3. The number of aliphatic hydroxyl groups is 1. The van der Waals surface area contributed by atoms with Gasteiger partial charge < -0.3 is 15.4 Å². The van der Waals surface area contributed by atoms with Gasteiger partial charge in [-0.1, -0.05) is 24.3 Å². The van der Waals surface area contributed by atoms with Gasteiger partial charge >= 0.3 is 0 Å². The summed E-state index contributed by atoms with van der Waals surface area (Å²) < 4.78 is 2.08. The number of nitrogen functional groups attached to an aromatic ring is 1. The molecule has 0 spiro atoms. The standard InChI is InChI=1S/C17H19N3O/c1-11-5-3-4-6-14(11)12(2)20-16-8-7-13(18)9-15(16)19-17(20)10-21/h3-9,12,21H,10,18H2,1-2H3. The average molecular weight is 281 g/mol. The number of imidazole rings is 1. The van der Waals surface area contributed by atoms with Crippen LogP contribution in [0.3, 0.4) is 0 Å². The van der Waals surface area contributed by atoms with Crippen LogP contribution in [0.1, 0.15) is 29.9 Å². The largest absolute Gasteiger partial charge is 0.399 e. The third kappa shape index (κ3) is 2.28. The predicted octanol–water partition coefficient (Wildman–Crippen LogP) is 3.03. The predicted molar refractivity (Wildman–Crippen MR) is 85.1 cm³/mol. The molecule has 3 N–H and O–H groups in total. The van der Waals surface area contributed by atoms with Gasteiger partial charge in [0.25, 0.3) is 0 Å². The molecule has 0 fully saturated rings. The van der Waals surface area contributed by atoms with E-state index in [0.717, 1.165) is 11.0 Å². The fourth-order valence-corrected chi connectivity index (χ4v) is 2.90. The number of anilines is 1. The van der Waals surface area contributed by atoms with E-state index >= 15 is 0 Å². The Morgan fingerprint density at radius 2 is 2.00 bits per heavy atom. The van der Waals surface area contributed by atoms with Crippen molar-refractivity contribution >= 4 is 16.7 Å². The smallest absolute Gasteiger partial charge is 0.136 e. The second-order valence-corrected chi connectivity index (χ2v) is 5.34. The van der Waals surface area contributed by atoms with Crippen LogP contribution in [0, 0.1) is 6.92 Å². The lowest BCUT2D eigenvalue weighted by atomic mass is 10.0. The Bertz CT molecular complexity index is 792. The molecule has 0 aliphatic rings. The van der Waals surface area contributed by atoms with Crippen molar-refractivity contribution < 1.29 is 5.11 Å². The molecule has 0 saturated heterocycles. The summed E-state index contributed by atoms with van der Waals surface area (Å²) in [4.78, 5) is 4.50. The van der Waals surface area contributed by atoms with Gasteiger partial charge in [0.05, 0.1) is 17.1 Å². The Kier molecular flexibility index (Phi) is 3.39. The van der Waals surface area contributed by atoms with Crippen molar-refractivity contribution in [1.82, 2.24) is 9.55 Å². The van der Waals surface area contributed by atoms with Crippen LogP contribution in [0.2, 0.25) is 0 Å². The molecule has 4 nitrogen and oxygen atoms in total. The van der Waals surface area contributed by atoms with Gasteiger partial charge in [0, 0.05) is 5.69 Å². The van der Waals surface area contributed by atoms with Crippen LogP contribution in [-0.2, 0) is 6.61 Å². The molecule has 0 saturated carbocycles. The Balaban J connectivity index is 2.21. The number of rotatable bonds is 3. The van der Waals surface area contributed by atoms with E-state index in [-0.39, 0.29) is 12.6 Å². The average Bonchev–Trinajstić information content (AvgIpc) is 2.84. The van der Waals surface area contributed by atoms with Crippen molar-refractivity contribution in [3.8, 4) is 0 Å². The van der Waals surface area contributed by atoms with Gasteiger partial charge in [0.1, 0.15) is 12.4 Å². The molecule has 1 atom stereocenters. The fraction of sp³-hybridized carbons (Fsp3) is 0.235. The highest BCUT2D eigenvalue weighted by Gasteiger charge is 2.18. The lowest BCUT2D eigenvalue weighted by molar-refractivity contribution is 0.264. The molecule has 21 heavy (non-hydrogen) atoms. The van der Waals surface area contributed by atoms with Gasteiger partial charge in [0.2, 0.25) is 0 Å². The van der Waals surface area contributed by atoms with E-state index in [0.29, 0.717) is 11.5 Å². The minimum atomic E-state index is -0.0925. The van der Waals surface area contributed by atoms with Gasteiger partial charge in [-0.25, -0.2) is 4.98 Å². The molecular formula is C17H19N3O. The highest BCUT2D eigenvalue weighted by Crippen LogP contribution is 2.28. The number of benzene rings is 2. The van der Waals surface area contributed by atoms with Crippen LogP contribution in [0.15, 0.2) is 42.5 Å². The maximum absolute atomic E-state index is 9.64. The van der Waals surface area contributed by atoms with Crippen molar-refractivity contribution in [1.29, 1.82) is 0 Å². The number of nitrogens with zero attached hydrogens (tertiary/aromatic N) is 2. The minimum Gasteiger partial charge on any atom is -0.399 e. The summed E-state index contributed by atoms with van der Waals surface area (Å²) in [5.74, 6) is 0.659. The van der Waals surface area contributed by atoms with Crippen LogP contribution in [0.25, 0.3) is 11.0 Å². The minimum absolute atomic E-state index is 0.0925. The Labute approximate surface area is 123 Å². The van der Waals surface area contributed by atoms with E-state index in [2.05, 4.69) is 35.5 Å². The van der Waals surface area contributed by atoms with Crippen molar-refractivity contribution in [3.05, 3.63) is 59.4 Å². The maximum atomic E-state index is 9.64. The number of aryl methyl sites for hydroxylation is 1. The quantitative estimate of drug-likeness (QED) is 0.725. The van der Waals surface area contributed by atoms with Gasteiger partial charge in [-0.05, 0) is 43.2 Å². The van der Waals surface area contributed by atoms with E-state index in [9.17, 15) is 5.11 Å². The van der Waals surface area contributed by atoms with E-state index < -0.39 is 0 Å². The molecule has 0 aliphatic heterocycles. The zero-order chi connectivity index (χ0) is 15.0. The molecule has 108 valence electrons. The lowest BCUT2D eigenvalue weighted by Gasteiger charge is -2.19. The zero-order valence-electron chi connectivity index (χ0n) is 12.2. The monoisotopic (exact) mass is 281 g/mol. The first-order valence-corrected chi connectivity index (χ1v) is 7.04. The second-order valence-electron chi connectivity index (χ2n) is 5.34. The van der Waals surface area contributed by atoms with Gasteiger partial charge in [-0.2, -0.15) is 0 Å². The summed E-state index contributed by atoms with van der Waals surface area (Å²) in [5.41, 5.74) is 10.8. The Hall–Kier alpha value is -2.33. The number of aliphatic hydroxyl groups excluding tert-OH is 1. The van der Waals surface area contributed by atoms with Crippen LogP contribution < -0.4 is 5.73 Å². The molecule has 4 heteroatoms. The van der Waals surface area contributed by atoms with Crippen molar-refractivity contribution in [2.45, 2.75) is 26.5 Å². The molecule has 0 radical (unpaired) electrons. The molecule has 0 bridgehead atoms. The second kappa shape index (κ2) is 5.22. The van der Waals surface area contributed by atoms with E-state index in [1.807, 2.05) is 30.3 Å². The molecular weight excluding hydrogens is 262 g/mol. The van der Waals surface area contributed by atoms with Crippen molar-refractivity contribution in [3.63, 3.8) is 0 Å². The normalized spacial score (nSPS) is 12.7. The zero-order valence-corrected chi connectivity index (χ0v) is 12.2. The fourth-order valence-electron chi connectivity index (χ4n) is 2.90. The summed E-state index contributed by atoms with van der Waals surface area (Å²) in [7, 11) is 0. The first-order valence-electron chi connectivity index (χ1n) is 7.04. The third-order valence-electron chi connectivity index (χ3n) is 3.95. The molecule has 1 unspecified atom stereocenters. The number of nitrogens with two attached hydrogens (primary N) is 1. The van der Waals surface area contributed by atoms with Crippen LogP contribution >= 0.6 is 0 Å². The summed E-state index contributed by atoms with van der Waals surface area (Å²) in [6.45, 7) is 4.13. The first-order chi connectivity index (χ1) is 10.1. The van der Waals surface area contributed by atoms with E-state index in [4.69, 9.17) is 5.73 Å². The summed E-state index contributed by atoms with van der Waals surface area (Å²) in [5, 5.41) is 9.64. The van der Waals surface area contributed by atoms with Crippen LogP contribution in [0.5, 0.6) is 0 Å². The van der Waals surface area contributed by atoms with Gasteiger partial charge in [-0.15, -0.1) is 0 Å². The maximum Gasteiger partial charge on any atom is 0.136 e. The number of hydrogen-bond acceptors (Lipinski definition) is 3. The Morgan fingerprint density at radius 1 is 1.24 bits per heavy atom. The molecule has 1 aromatic heterocycles. The van der Waals surface area contributed by atoms with Crippen molar-refractivity contribution in [2.75, 3.05) is 5.73 Å². The number of fused-ring (bicyclic) bond motifs is 1. The third-order valence-corrected chi connectivity index (χ3v) is 3.95. The van der Waals surface area contributed by atoms with E-state index in [1.165, 1.54) is 11.1 Å². The number of aromatic nitrogens is 2. The topological polar surface area (TPSA) is 64.1 Å². The molecule has 1 heterocycles. The molecule has 3 aromatic rings. The van der Waals surface area contributed by atoms with E-state index in [1.54, 1.807) is 0 Å². The summed E-state index contributed by atoms with van der Waals surface area (Å²) >= 11 is 0. The van der Waals surface area contributed by atoms with Crippen molar-refractivity contribution in [2.24, 2.45) is 0 Å². The molecule has 0 aliphatic carbocycles. The SMILES string of the molecule is Cc1ccccc1C(C)n1c(CO)nc2cc(N)ccc21. The van der Waals surface area contributed by atoms with Gasteiger partial charge in [-0.3, -0.25) is 0 Å². The number of hydrogen-bond donors (Lipinski definition) is 2. The molecule has 3 rings (SSSR count). The summed E-state index contributed by atoms with van der Waals surface area (Å²) in [6.07, 6.45) is 0. The highest BCUT2D eigenvalue weighted by molar-refractivity contribution is 5.80. The van der Waals surface area contributed by atoms with Crippen LogP contribution in [-0.4, -0.2) is 14.7 Å². The Morgan fingerprint density at radius 3 is 2.71 bits per heavy atom. The molecule has 2 aromatic carbocycles. The lowest BCUT2D eigenvalue weighted by Crippen LogP contribution is -2.12. The molecule has 0 amide bonds. The van der Waals surface area contributed by atoms with Crippen LogP contribution in [0.4, 0.5) is 5.69 Å². The van der Waals surface area contributed by atoms with Gasteiger partial charge in [0.15, 0.2) is 0 Å². The first kappa shape index (κ1) is 13.6. The summed E-state index contributed by atoms with van der Waals surface area (Å²) in [6, 6.07) is 14.1.